The summed E-state index contributed by atoms with van der Waals surface area (Å²) in [6.45, 7) is 4.25. The highest BCUT2D eigenvalue weighted by molar-refractivity contribution is 14.1. The van der Waals surface area contributed by atoms with Crippen molar-refractivity contribution in [3.05, 3.63) is 31.3 Å². The normalized spacial score (nSPS) is 11.9. The third-order valence-corrected chi connectivity index (χ3v) is 4.56. The molecule has 0 amide bonds. The van der Waals surface area contributed by atoms with Crippen molar-refractivity contribution in [1.29, 1.82) is 0 Å². The summed E-state index contributed by atoms with van der Waals surface area (Å²) in [5.41, 5.74) is 1.02. The Morgan fingerprint density at radius 1 is 1.21 bits per heavy atom. The minimum atomic E-state index is -0.0431. The second kappa shape index (κ2) is 4.81. The monoisotopic (exact) mass is 360 g/mol. The number of rotatable bonds is 2. The van der Waals surface area contributed by atoms with Gasteiger partial charge in [-0.1, -0.05) is 23.2 Å². The largest absolute Gasteiger partial charge is 0.154 e. The molecule has 0 aliphatic carbocycles. The van der Waals surface area contributed by atoms with Crippen LogP contribution in [0.2, 0.25) is 10.0 Å². The van der Waals surface area contributed by atoms with Crippen LogP contribution in [0.15, 0.2) is 12.1 Å². The first-order valence-electron chi connectivity index (χ1n) is 4.08. The molecule has 0 aliphatic heterocycles. The van der Waals surface area contributed by atoms with Crippen LogP contribution in [0.3, 0.4) is 0 Å². The summed E-state index contributed by atoms with van der Waals surface area (Å²) in [6.07, 6.45) is 2.06. The van der Waals surface area contributed by atoms with Crippen molar-refractivity contribution in [3.8, 4) is 0 Å². The zero-order chi connectivity index (χ0) is 10.9. The van der Waals surface area contributed by atoms with Gasteiger partial charge in [-0.2, -0.15) is 11.8 Å². The highest BCUT2D eigenvalue weighted by Gasteiger charge is 2.25. The molecule has 0 radical (unpaired) electrons. The number of hydrogen-bond donors (Lipinski definition) is 0. The maximum absolute atomic E-state index is 6.20. The van der Waals surface area contributed by atoms with E-state index in [-0.39, 0.29) is 4.75 Å². The molecule has 0 nitrogen and oxygen atoms in total. The molecule has 1 aromatic rings. The van der Waals surface area contributed by atoms with E-state index >= 15 is 0 Å². The molecule has 1 aromatic carbocycles. The fourth-order valence-electron chi connectivity index (χ4n) is 1.22. The lowest BCUT2D eigenvalue weighted by Crippen LogP contribution is -2.12. The van der Waals surface area contributed by atoms with E-state index in [0.29, 0.717) is 0 Å². The molecule has 4 heteroatoms. The van der Waals surface area contributed by atoms with Crippen LogP contribution in [-0.4, -0.2) is 6.26 Å². The van der Waals surface area contributed by atoms with Gasteiger partial charge < -0.3 is 0 Å². The van der Waals surface area contributed by atoms with E-state index < -0.39 is 0 Å². The van der Waals surface area contributed by atoms with E-state index in [1.54, 1.807) is 11.8 Å². The van der Waals surface area contributed by atoms with Crippen molar-refractivity contribution < 1.29 is 0 Å². The number of halogens is 3. The lowest BCUT2D eigenvalue weighted by atomic mass is 10.0. The molecule has 0 aromatic heterocycles. The molecule has 0 aliphatic rings. The van der Waals surface area contributed by atoms with Gasteiger partial charge in [-0.15, -0.1) is 0 Å². The van der Waals surface area contributed by atoms with Crippen molar-refractivity contribution in [2.45, 2.75) is 18.6 Å². The highest BCUT2D eigenvalue weighted by Crippen LogP contribution is 2.42. The number of thioether (sulfide) groups is 1. The van der Waals surface area contributed by atoms with Crippen LogP contribution in [-0.2, 0) is 4.75 Å². The van der Waals surface area contributed by atoms with E-state index in [4.69, 9.17) is 23.2 Å². The van der Waals surface area contributed by atoms with Gasteiger partial charge in [-0.25, -0.2) is 0 Å². The molecular formula is C10H11Cl2IS. The fourth-order valence-corrected chi connectivity index (χ4v) is 3.71. The van der Waals surface area contributed by atoms with Crippen molar-refractivity contribution in [2.24, 2.45) is 0 Å². The predicted molar refractivity (Wildman–Crippen MR) is 75.7 cm³/mol. The van der Waals surface area contributed by atoms with Gasteiger partial charge in [0.15, 0.2) is 0 Å². The zero-order valence-electron chi connectivity index (χ0n) is 8.20. The van der Waals surface area contributed by atoms with Crippen LogP contribution in [0.1, 0.15) is 19.4 Å². The van der Waals surface area contributed by atoms with Gasteiger partial charge in [0, 0.05) is 23.9 Å². The van der Waals surface area contributed by atoms with Gasteiger partial charge >= 0.3 is 0 Å². The lowest BCUT2D eigenvalue weighted by Gasteiger charge is -2.25. The zero-order valence-corrected chi connectivity index (χ0v) is 12.7. The Morgan fingerprint density at radius 2 is 1.64 bits per heavy atom. The van der Waals surface area contributed by atoms with Crippen LogP contribution >= 0.6 is 57.6 Å². The summed E-state index contributed by atoms with van der Waals surface area (Å²) in [6, 6.07) is 3.89. The molecule has 14 heavy (non-hydrogen) atoms. The second-order valence-electron chi connectivity index (χ2n) is 3.46. The molecule has 0 spiro atoms. The first-order valence-corrected chi connectivity index (χ1v) is 7.14. The van der Waals surface area contributed by atoms with Crippen molar-refractivity contribution in [3.63, 3.8) is 0 Å². The quantitative estimate of drug-likeness (QED) is 0.653. The van der Waals surface area contributed by atoms with Crippen molar-refractivity contribution >= 4 is 57.6 Å². The average Bonchev–Trinajstić information content (AvgIpc) is 2.01. The SMILES string of the molecule is CSC(C)(C)c1c(Cl)cc(I)cc1Cl. The van der Waals surface area contributed by atoms with Gasteiger partial charge in [0.25, 0.3) is 0 Å². The molecule has 0 saturated heterocycles. The van der Waals surface area contributed by atoms with E-state index in [2.05, 4.69) is 42.7 Å². The maximum atomic E-state index is 6.20. The van der Waals surface area contributed by atoms with Gasteiger partial charge in [-0.3, -0.25) is 0 Å². The Morgan fingerprint density at radius 3 is 2.00 bits per heavy atom. The van der Waals surface area contributed by atoms with Gasteiger partial charge in [0.1, 0.15) is 0 Å². The van der Waals surface area contributed by atoms with E-state index in [1.165, 1.54) is 0 Å². The Labute approximate surface area is 113 Å². The predicted octanol–water partition coefficient (Wildman–Crippen LogP) is 5.20. The average molecular weight is 361 g/mol. The molecule has 0 fully saturated rings. The third-order valence-electron chi connectivity index (χ3n) is 2.12. The molecule has 0 N–H and O–H groups in total. The van der Waals surface area contributed by atoms with E-state index in [0.717, 1.165) is 19.2 Å². The lowest BCUT2D eigenvalue weighted by molar-refractivity contribution is 0.785. The molecule has 78 valence electrons. The fraction of sp³-hybridized carbons (Fsp3) is 0.400. The van der Waals surface area contributed by atoms with E-state index in [1.807, 2.05) is 12.1 Å². The summed E-state index contributed by atoms with van der Waals surface area (Å²) >= 11 is 16.3. The van der Waals surface area contributed by atoms with Crippen LogP contribution < -0.4 is 0 Å². The summed E-state index contributed by atoms with van der Waals surface area (Å²) < 4.78 is 1.02. The summed E-state index contributed by atoms with van der Waals surface area (Å²) in [5, 5.41) is 1.50. The highest BCUT2D eigenvalue weighted by atomic mass is 127. The second-order valence-corrected chi connectivity index (χ2v) is 6.95. The van der Waals surface area contributed by atoms with Gasteiger partial charge in [0.05, 0.1) is 0 Å². The Balaban J connectivity index is 3.35. The standard InChI is InChI=1S/C10H11Cl2IS/c1-10(2,14-3)9-7(11)4-6(13)5-8(9)12/h4-5H,1-3H3. The van der Waals surface area contributed by atoms with Gasteiger partial charge in [0.2, 0.25) is 0 Å². The summed E-state index contributed by atoms with van der Waals surface area (Å²) in [7, 11) is 0. The van der Waals surface area contributed by atoms with Gasteiger partial charge in [-0.05, 0) is 54.8 Å². The van der Waals surface area contributed by atoms with Crippen molar-refractivity contribution in [1.82, 2.24) is 0 Å². The van der Waals surface area contributed by atoms with Crippen LogP contribution in [0.5, 0.6) is 0 Å². The summed E-state index contributed by atoms with van der Waals surface area (Å²) in [5.74, 6) is 0. The summed E-state index contributed by atoms with van der Waals surface area (Å²) in [4.78, 5) is 0. The first-order chi connectivity index (χ1) is 6.38. The first kappa shape index (κ1) is 12.9. The molecular weight excluding hydrogens is 350 g/mol. The van der Waals surface area contributed by atoms with Crippen molar-refractivity contribution in [2.75, 3.05) is 6.26 Å². The minimum absolute atomic E-state index is 0.0431. The van der Waals surface area contributed by atoms with Crippen LogP contribution in [0.25, 0.3) is 0 Å². The maximum Gasteiger partial charge on any atom is 0.0477 e. The molecule has 0 unspecified atom stereocenters. The van der Waals surface area contributed by atoms with Crippen LogP contribution in [0.4, 0.5) is 0 Å². The number of benzene rings is 1. The molecule has 0 atom stereocenters. The molecule has 1 rings (SSSR count). The topological polar surface area (TPSA) is 0 Å². The Hall–Kier alpha value is 0.880. The molecule has 0 saturated carbocycles. The molecule has 0 heterocycles. The van der Waals surface area contributed by atoms with E-state index in [9.17, 15) is 0 Å². The third kappa shape index (κ3) is 2.71. The minimum Gasteiger partial charge on any atom is -0.154 e. The Kier molecular flexibility index (Phi) is 4.45. The number of hydrogen-bond acceptors (Lipinski definition) is 1. The molecule has 0 bridgehead atoms. The van der Waals surface area contributed by atoms with Crippen LogP contribution in [0, 0.1) is 3.57 Å². The Bertz CT molecular complexity index is 327. The smallest absolute Gasteiger partial charge is 0.0477 e.